The summed E-state index contributed by atoms with van der Waals surface area (Å²) in [7, 11) is -3.90. The van der Waals surface area contributed by atoms with Crippen molar-refractivity contribution in [1.82, 2.24) is 14.8 Å². The van der Waals surface area contributed by atoms with Gasteiger partial charge in [-0.1, -0.05) is 37.5 Å². The van der Waals surface area contributed by atoms with E-state index in [4.69, 9.17) is 0 Å². The molecule has 2 aliphatic rings. The monoisotopic (exact) mass is 573 g/mol. The zero-order valence-corrected chi connectivity index (χ0v) is 24.7. The van der Waals surface area contributed by atoms with Crippen LogP contribution in [0, 0.1) is 19.8 Å². The maximum Gasteiger partial charge on any atom is 0.264 e. The van der Waals surface area contributed by atoms with Crippen molar-refractivity contribution in [1.29, 1.82) is 0 Å². The molecule has 1 saturated heterocycles. The number of hydrogen-bond donors (Lipinski definition) is 1. The summed E-state index contributed by atoms with van der Waals surface area (Å²) >= 11 is 0. The Morgan fingerprint density at radius 3 is 2.49 bits per heavy atom. The maximum atomic E-state index is 13.5. The number of carbonyl (C=O) groups excluding carboxylic acids is 1. The Kier molecular flexibility index (Phi) is 9.15. The van der Waals surface area contributed by atoms with Crippen molar-refractivity contribution >= 4 is 33.5 Å². The summed E-state index contributed by atoms with van der Waals surface area (Å²) in [5.74, 6) is 0.352. The molecule has 0 spiro atoms. The van der Waals surface area contributed by atoms with Crippen molar-refractivity contribution < 1.29 is 13.2 Å². The number of nitrogens with zero attached hydrogens (tertiary/aromatic N) is 4. The minimum absolute atomic E-state index is 0.0402. The van der Waals surface area contributed by atoms with Crippen LogP contribution in [0.1, 0.15) is 59.2 Å². The standard InChI is InChI=1S/C32H39N5O3S/c1-24-8-6-12-30(31(24)34-22-26-9-4-3-5-10-26)41(39,40)35-29-14-13-28(20-25(29)2)32(38)37-18-16-36(17-19-37)23-27-11-7-15-33-21-27/h6-8,11-15,20-22,26,35H,3-5,9-10,16-19,23H2,1-2H3. The summed E-state index contributed by atoms with van der Waals surface area (Å²) in [6.07, 6.45) is 11.4. The van der Waals surface area contributed by atoms with Gasteiger partial charge in [-0.15, -0.1) is 0 Å². The summed E-state index contributed by atoms with van der Waals surface area (Å²) in [5, 5.41) is 0. The predicted molar refractivity (Wildman–Crippen MR) is 163 cm³/mol. The third-order valence-electron chi connectivity index (χ3n) is 8.06. The molecule has 8 nitrogen and oxygen atoms in total. The average molecular weight is 574 g/mol. The highest BCUT2D eigenvalue weighted by atomic mass is 32.2. The SMILES string of the molecule is Cc1cc(C(=O)N2CCN(Cc3cccnc3)CC2)ccc1NS(=O)(=O)c1cccc(C)c1N=CC1CCCCC1. The minimum atomic E-state index is -3.90. The zero-order chi connectivity index (χ0) is 28.8. The first kappa shape index (κ1) is 29.0. The van der Waals surface area contributed by atoms with Gasteiger partial charge in [0.25, 0.3) is 15.9 Å². The zero-order valence-electron chi connectivity index (χ0n) is 23.9. The molecule has 2 heterocycles. The van der Waals surface area contributed by atoms with Crippen molar-refractivity contribution in [2.24, 2.45) is 10.9 Å². The number of para-hydroxylation sites is 1. The summed E-state index contributed by atoms with van der Waals surface area (Å²) in [5.41, 5.74) is 4.16. The first-order chi connectivity index (χ1) is 19.8. The van der Waals surface area contributed by atoms with Gasteiger partial charge in [0.15, 0.2) is 0 Å². The van der Waals surface area contributed by atoms with Gasteiger partial charge in [0.1, 0.15) is 4.90 Å². The van der Waals surface area contributed by atoms with Crippen LogP contribution < -0.4 is 4.72 Å². The highest BCUT2D eigenvalue weighted by Crippen LogP contribution is 2.32. The van der Waals surface area contributed by atoms with Crippen molar-refractivity contribution in [3.8, 4) is 0 Å². The normalized spacial score (nSPS) is 17.2. The van der Waals surface area contributed by atoms with Crippen molar-refractivity contribution in [3.05, 3.63) is 83.2 Å². The Labute approximate surface area is 243 Å². The van der Waals surface area contributed by atoms with Crippen molar-refractivity contribution in [2.75, 3.05) is 30.9 Å². The molecule has 1 amide bonds. The molecule has 2 fully saturated rings. The van der Waals surface area contributed by atoms with E-state index in [0.29, 0.717) is 41.5 Å². The number of aromatic nitrogens is 1. The van der Waals surface area contributed by atoms with E-state index < -0.39 is 10.0 Å². The number of piperazine rings is 1. The lowest BCUT2D eigenvalue weighted by Gasteiger charge is -2.34. The van der Waals surface area contributed by atoms with E-state index in [1.165, 1.54) is 19.3 Å². The largest absolute Gasteiger partial charge is 0.336 e. The Morgan fingerprint density at radius 1 is 1.00 bits per heavy atom. The molecule has 0 atom stereocenters. The third-order valence-corrected chi connectivity index (χ3v) is 9.46. The first-order valence-corrected chi connectivity index (χ1v) is 16.0. The number of aliphatic imine (C=N–C) groups is 1. The summed E-state index contributed by atoms with van der Waals surface area (Å²) in [6.45, 7) is 7.39. The number of pyridine rings is 1. The number of benzene rings is 2. The summed E-state index contributed by atoms with van der Waals surface area (Å²) < 4.78 is 29.8. The van der Waals surface area contributed by atoms with Gasteiger partial charge in [0.2, 0.25) is 0 Å². The third kappa shape index (κ3) is 7.21. The second-order valence-corrected chi connectivity index (χ2v) is 12.8. The molecule has 0 radical (unpaired) electrons. The van der Waals surface area contributed by atoms with E-state index in [0.717, 1.165) is 43.6 Å². The van der Waals surface area contributed by atoms with Crippen LogP contribution in [0.15, 0.2) is 70.8 Å². The number of aryl methyl sites for hydroxylation is 2. The lowest BCUT2D eigenvalue weighted by atomic mass is 9.90. The van der Waals surface area contributed by atoms with Gasteiger partial charge < -0.3 is 4.90 Å². The van der Waals surface area contributed by atoms with Crippen LogP contribution in [-0.4, -0.2) is 61.5 Å². The number of rotatable bonds is 8. The topological polar surface area (TPSA) is 95.0 Å². The second-order valence-electron chi connectivity index (χ2n) is 11.2. The van der Waals surface area contributed by atoms with E-state index in [1.807, 2.05) is 43.3 Å². The molecule has 1 aliphatic heterocycles. The maximum absolute atomic E-state index is 13.5. The molecule has 5 rings (SSSR count). The fourth-order valence-electron chi connectivity index (χ4n) is 5.63. The lowest BCUT2D eigenvalue weighted by molar-refractivity contribution is 0.0628. The fraction of sp³-hybridized carbons (Fsp3) is 0.406. The second kappa shape index (κ2) is 13.0. The van der Waals surface area contributed by atoms with Crippen LogP contribution in [0.5, 0.6) is 0 Å². The Hall–Kier alpha value is -3.56. The van der Waals surface area contributed by atoms with E-state index in [9.17, 15) is 13.2 Å². The molecule has 1 saturated carbocycles. The van der Waals surface area contributed by atoms with Crippen LogP contribution >= 0.6 is 0 Å². The van der Waals surface area contributed by atoms with E-state index in [-0.39, 0.29) is 10.8 Å². The molecular weight excluding hydrogens is 534 g/mol. The molecular formula is C32H39N5O3S. The van der Waals surface area contributed by atoms with Crippen molar-refractivity contribution in [2.45, 2.75) is 57.4 Å². The minimum Gasteiger partial charge on any atom is -0.336 e. The Balaban J connectivity index is 1.25. The number of nitrogens with one attached hydrogen (secondary N) is 1. The first-order valence-electron chi connectivity index (χ1n) is 14.5. The average Bonchev–Trinajstić information content (AvgIpc) is 2.98. The lowest BCUT2D eigenvalue weighted by Crippen LogP contribution is -2.48. The van der Waals surface area contributed by atoms with Crippen LogP contribution in [0.25, 0.3) is 0 Å². The summed E-state index contributed by atoms with van der Waals surface area (Å²) in [4.78, 5) is 26.5. The predicted octanol–water partition coefficient (Wildman–Crippen LogP) is 5.74. The number of amides is 1. The molecule has 9 heteroatoms. The van der Waals surface area contributed by atoms with E-state index in [1.54, 1.807) is 36.5 Å². The summed E-state index contributed by atoms with van der Waals surface area (Å²) in [6, 6.07) is 14.4. The van der Waals surface area contributed by atoms with Crippen molar-refractivity contribution in [3.63, 3.8) is 0 Å². The van der Waals surface area contributed by atoms with Crippen LogP contribution in [-0.2, 0) is 16.6 Å². The van der Waals surface area contributed by atoms with Crippen LogP contribution in [0.4, 0.5) is 11.4 Å². The quantitative estimate of drug-likeness (QED) is 0.347. The van der Waals surface area contributed by atoms with Gasteiger partial charge in [0, 0.05) is 56.9 Å². The molecule has 0 bridgehead atoms. The number of anilines is 1. The van der Waals surface area contributed by atoms with Crippen LogP contribution in [0.3, 0.4) is 0 Å². The molecule has 1 aliphatic carbocycles. The Bertz CT molecular complexity index is 1490. The molecule has 0 unspecified atom stereocenters. The number of sulfonamides is 1. The molecule has 3 aromatic rings. The highest BCUT2D eigenvalue weighted by molar-refractivity contribution is 7.92. The molecule has 216 valence electrons. The molecule has 41 heavy (non-hydrogen) atoms. The number of carbonyl (C=O) groups is 1. The molecule has 2 aromatic carbocycles. The van der Waals surface area contributed by atoms with E-state index in [2.05, 4.69) is 25.7 Å². The van der Waals surface area contributed by atoms with Gasteiger partial charge in [-0.2, -0.15) is 0 Å². The number of hydrogen-bond acceptors (Lipinski definition) is 6. The van der Waals surface area contributed by atoms with Crippen LogP contribution in [0.2, 0.25) is 0 Å². The van der Waals surface area contributed by atoms with Gasteiger partial charge in [-0.3, -0.25) is 24.4 Å². The van der Waals surface area contributed by atoms with Gasteiger partial charge in [0.05, 0.1) is 11.4 Å². The smallest absolute Gasteiger partial charge is 0.264 e. The molecule has 1 N–H and O–H groups in total. The van der Waals surface area contributed by atoms with Gasteiger partial charge in [-0.05, 0) is 79.6 Å². The van der Waals surface area contributed by atoms with Gasteiger partial charge >= 0.3 is 0 Å². The van der Waals surface area contributed by atoms with Gasteiger partial charge in [-0.25, -0.2) is 8.42 Å². The highest BCUT2D eigenvalue weighted by Gasteiger charge is 2.24. The fourth-order valence-corrected chi connectivity index (χ4v) is 6.98. The van der Waals surface area contributed by atoms with E-state index >= 15 is 0 Å². The molecule has 1 aromatic heterocycles. The Morgan fingerprint density at radius 2 is 1.78 bits per heavy atom.